The molecule has 4 aromatic heterocycles. The first-order chi connectivity index (χ1) is 62.2. The Bertz CT molecular complexity index is 7620. The lowest BCUT2D eigenvalue weighted by molar-refractivity contribution is 0.0992. The molecule has 0 fully saturated rings. The van der Waals surface area contributed by atoms with E-state index in [2.05, 4.69) is 91.2 Å². The first-order valence-corrected chi connectivity index (χ1v) is 41.5. The van der Waals surface area contributed by atoms with Gasteiger partial charge in [-0.3, -0.25) is 28.8 Å². The Hall–Kier alpha value is -17.4. The lowest BCUT2D eigenvalue weighted by Gasteiger charge is -2.11. The van der Waals surface area contributed by atoms with Crippen molar-refractivity contribution < 1.29 is 49.2 Å². The third-order valence-electron chi connectivity index (χ3n) is 19.4. The van der Waals surface area contributed by atoms with Crippen LogP contribution in [0.5, 0.6) is 23.0 Å². The molecule has 0 atom stereocenters. The number of thiazole rings is 1. The summed E-state index contributed by atoms with van der Waals surface area (Å²) >= 11 is 4.47. The van der Waals surface area contributed by atoms with E-state index in [-0.39, 0.29) is 68.0 Å². The SMILES string of the molecule is Cc1nc(N=Nc2c(O)c(C(=O)Nc3ccccc3)cc3ccccc23)sc1C#N.NC(=O)c1ccc(NC(=O)c2cc3ccccc3c(N=Nc3snc4ccc(C(N)=O)cc34)c2O)cc1.O=C(Nc1ccccc1)c1cc2ccccc2c(N=Nc2snc3ccccc23)c1O.[C-]#[N+]c1c(C)nsc1N=Nc1c(O)c(C(=O)Nc2ccccc2)cc2ccccc12. The normalized spacial score (nSPS) is 11.1. The zero-order valence-corrected chi connectivity index (χ0v) is 70.1. The van der Waals surface area contributed by atoms with Gasteiger partial charge in [0.25, 0.3) is 23.6 Å². The van der Waals surface area contributed by atoms with Crippen LogP contribution in [-0.4, -0.2) is 74.0 Å². The predicted octanol–water partition coefficient (Wildman–Crippen LogP) is 24.2. The molecular formula is C94H64N20O10S4. The summed E-state index contributed by atoms with van der Waals surface area (Å²) in [6, 6.07) is 83.1. The number of aromatic hydroxyl groups is 4. The van der Waals surface area contributed by atoms with Crippen LogP contribution in [0.15, 0.2) is 320 Å². The average molecular weight is 1760 g/mol. The lowest BCUT2D eigenvalue weighted by atomic mass is 10.0. The molecule has 0 aliphatic heterocycles. The van der Waals surface area contributed by atoms with Crippen LogP contribution in [-0.2, 0) is 0 Å². The Balaban J connectivity index is 0.000000132. The number of amides is 6. The Morgan fingerprint density at radius 2 is 0.695 bits per heavy atom. The van der Waals surface area contributed by atoms with Gasteiger partial charge in [0.15, 0.2) is 38.0 Å². The van der Waals surface area contributed by atoms with Gasteiger partial charge in [-0.15, -0.1) is 40.9 Å². The number of nitrogens with zero attached hydrogens (tertiary/aromatic N) is 14. The standard InChI is InChI=1S/C26H18N6O4S.C24H16N4O2S.2C22H15N5O2S/c27-23(34)13-5-8-16(9-6-13)29-25(36)19-11-14-3-1-2-4-17(14)21(22(19)33)30-31-26-18-12-15(24(28)35)7-10-20(18)32-37-26;29-22-19(23(30)25-16-9-2-1-3-10-16)14-15-8-4-5-11-17(15)21(22)26-27-24-18-12-6-7-13-20(18)28-31-24;1-13-18(23-2)22(30-27-13)26-25-19-16-11-7-6-8-14(16)12-17(20(19)28)21(29)24-15-9-4-3-5-10-15;1-13-18(12-23)30-22(24-13)27-26-19-16-10-6-5-7-14(16)11-17(20(19)28)21(29)25-15-8-3-2-4-9-15/h1-12,33H,(H2,27,34)(H2,28,35)(H,29,36);1-14,29H,(H,25,30);3-12,28H,1H3,(H,24,29);2-11,28H,1H3,(H,25,29). The first-order valence-electron chi connectivity index (χ1n) is 38.4. The summed E-state index contributed by atoms with van der Waals surface area (Å²) < 4.78 is 12.8. The number of para-hydroxylation sites is 3. The molecule has 128 heavy (non-hydrogen) atoms. The van der Waals surface area contributed by atoms with Crippen LogP contribution in [0.3, 0.4) is 0 Å². The third-order valence-corrected chi connectivity index (χ3v) is 22.6. The molecule has 18 rings (SSSR count). The van der Waals surface area contributed by atoms with Gasteiger partial charge in [0.2, 0.25) is 22.6 Å². The molecule has 18 aromatic rings. The topological polar surface area (TPSA) is 462 Å². The number of nitrogens with one attached hydrogen (secondary N) is 4. The molecule has 0 aliphatic rings. The van der Waals surface area contributed by atoms with Crippen LogP contribution in [0.1, 0.15) is 78.4 Å². The van der Waals surface area contributed by atoms with E-state index in [1.54, 1.807) is 141 Å². The van der Waals surface area contributed by atoms with Crippen LogP contribution in [0.4, 0.5) is 71.3 Å². The van der Waals surface area contributed by atoms with Gasteiger partial charge in [-0.05, 0) is 185 Å². The van der Waals surface area contributed by atoms with Gasteiger partial charge in [0, 0.05) is 66.2 Å². The van der Waals surface area contributed by atoms with Crippen LogP contribution in [0.2, 0.25) is 0 Å². The number of carbonyl (C=O) groups excluding carboxylic acids is 6. The minimum atomic E-state index is -0.584. The fourth-order valence-corrected chi connectivity index (χ4v) is 15.7. The highest BCUT2D eigenvalue weighted by atomic mass is 32.1. The van der Waals surface area contributed by atoms with Crippen molar-refractivity contribution in [3.63, 3.8) is 0 Å². The molecule has 0 bridgehead atoms. The maximum Gasteiger partial charge on any atom is 0.259 e. The fourth-order valence-electron chi connectivity index (χ4n) is 13.0. The van der Waals surface area contributed by atoms with Crippen molar-refractivity contribution in [3.05, 3.63) is 340 Å². The second-order valence-electron chi connectivity index (χ2n) is 27.7. The lowest BCUT2D eigenvalue weighted by Crippen LogP contribution is -2.13. The van der Waals surface area contributed by atoms with E-state index in [1.165, 1.54) is 35.8 Å². The van der Waals surface area contributed by atoms with E-state index in [9.17, 15) is 49.2 Å². The van der Waals surface area contributed by atoms with E-state index < -0.39 is 35.4 Å². The van der Waals surface area contributed by atoms with E-state index in [0.29, 0.717) is 114 Å². The number of azo groups is 4. The summed E-state index contributed by atoms with van der Waals surface area (Å²) in [7, 11) is 0. The van der Waals surface area contributed by atoms with Gasteiger partial charge in [-0.25, -0.2) is 14.2 Å². The number of primary amides is 2. The molecular weight excluding hydrogens is 1700 g/mol. The molecule has 0 aliphatic carbocycles. The van der Waals surface area contributed by atoms with Gasteiger partial charge >= 0.3 is 0 Å². The van der Waals surface area contributed by atoms with Crippen molar-refractivity contribution in [1.29, 1.82) is 5.26 Å². The number of hydrogen-bond acceptors (Lipinski definition) is 27. The molecule has 0 radical (unpaired) electrons. The summed E-state index contributed by atoms with van der Waals surface area (Å²) in [5.74, 6) is -4.23. The zero-order chi connectivity index (χ0) is 89.5. The second kappa shape index (κ2) is 38.7. The average Bonchev–Trinajstić information content (AvgIpc) is 0.872. The number of fused-ring (bicyclic) bond motifs is 6. The van der Waals surface area contributed by atoms with Gasteiger partial charge in [-0.1, -0.05) is 175 Å². The van der Waals surface area contributed by atoms with Gasteiger partial charge < -0.3 is 53.2 Å². The second-order valence-corrected chi connectivity index (χ2v) is 30.9. The van der Waals surface area contributed by atoms with E-state index in [1.807, 2.05) is 127 Å². The van der Waals surface area contributed by atoms with Crippen LogP contribution in [0, 0.1) is 31.8 Å². The molecule has 4 heterocycles. The van der Waals surface area contributed by atoms with Crippen molar-refractivity contribution in [2.24, 2.45) is 52.4 Å². The summed E-state index contributed by atoms with van der Waals surface area (Å²) in [6.45, 7) is 10.7. The van der Waals surface area contributed by atoms with Gasteiger partial charge in [-0.2, -0.15) is 14.0 Å². The number of aryl methyl sites for hydroxylation is 2. The third kappa shape index (κ3) is 19.2. The van der Waals surface area contributed by atoms with Crippen LogP contribution >= 0.6 is 45.9 Å². The summed E-state index contributed by atoms with van der Waals surface area (Å²) in [5, 5.41) is 106. The van der Waals surface area contributed by atoms with E-state index >= 15 is 0 Å². The molecule has 30 nitrogen and oxygen atoms in total. The number of aromatic nitrogens is 4. The number of phenols is 4. The maximum atomic E-state index is 13.1. The number of hydrogen-bond donors (Lipinski definition) is 10. The maximum absolute atomic E-state index is 13.1. The quantitative estimate of drug-likeness (QED) is 0.0282. The Labute approximate surface area is 741 Å². The number of carbonyl (C=O) groups is 6. The van der Waals surface area contributed by atoms with Gasteiger partial charge in [0.1, 0.15) is 33.7 Å². The van der Waals surface area contributed by atoms with Gasteiger partial charge in [0.05, 0.1) is 51.2 Å². The zero-order valence-electron chi connectivity index (χ0n) is 66.8. The highest BCUT2D eigenvalue weighted by Gasteiger charge is 2.25. The van der Waals surface area contributed by atoms with Crippen molar-refractivity contribution >= 4 is 218 Å². The van der Waals surface area contributed by atoms with Crippen LogP contribution < -0.4 is 32.7 Å². The summed E-state index contributed by atoms with van der Waals surface area (Å²) in [4.78, 5) is 82.5. The minimum absolute atomic E-state index is 0.0168. The summed E-state index contributed by atoms with van der Waals surface area (Å²) in [6.07, 6.45) is 0. The fraction of sp³-hybridized carbons (Fsp3) is 0.0213. The molecule has 14 aromatic carbocycles. The molecule has 0 saturated carbocycles. The molecule has 0 spiro atoms. The molecule has 34 heteroatoms. The largest absolute Gasteiger partial charge is 0.505 e. The smallest absolute Gasteiger partial charge is 0.259 e. The molecule has 12 N–H and O–H groups in total. The molecule has 624 valence electrons. The predicted molar refractivity (Wildman–Crippen MR) is 498 cm³/mol. The summed E-state index contributed by atoms with van der Waals surface area (Å²) in [5.41, 5.74) is 17.4. The highest BCUT2D eigenvalue weighted by Crippen LogP contribution is 2.47. The first kappa shape index (κ1) is 85.5. The van der Waals surface area contributed by atoms with Crippen molar-refractivity contribution in [2.75, 3.05) is 21.3 Å². The van der Waals surface area contributed by atoms with E-state index in [0.717, 1.165) is 61.5 Å². The number of phenolic OH excluding ortho intramolecular Hbond substituents is 4. The Kier molecular flexibility index (Phi) is 25.9. The van der Waals surface area contributed by atoms with Crippen molar-refractivity contribution in [2.45, 2.75) is 13.8 Å². The Morgan fingerprint density at radius 3 is 1.08 bits per heavy atom. The number of rotatable bonds is 18. The van der Waals surface area contributed by atoms with Crippen molar-refractivity contribution in [3.8, 4) is 29.1 Å². The van der Waals surface area contributed by atoms with Crippen LogP contribution in [0.25, 0.3) is 69.7 Å². The number of nitrogens with two attached hydrogens (primary N) is 2. The molecule has 0 unspecified atom stereocenters. The Morgan fingerprint density at radius 1 is 0.367 bits per heavy atom. The monoisotopic (exact) mass is 1760 g/mol. The highest BCUT2D eigenvalue weighted by molar-refractivity contribution is 7.16. The van der Waals surface area contributed by atoms with Crippen molar-refractivity contribution in [1.82, 2.24) is 18.1 Å². The number of nitriles is 1. The minimum Gasteiger partial charge on any atom is -0.505 e. The van der Waals surface area contributed by atoms with E-state index in [4.69, 9.17) is 23.3 Å². The number of anilines is 4. The molecule has 6 amide bonds. The molecule has 0 saturated heterocycles. The number of benzene rings is 14.